The van der Waals surface area contributed by atoms with Crippen LogP contribution in [-0.2, 0) is 11.4 Å². The average molecular weight is 104 g/mol. The number of nitrogens with one attached hydrogen (secondary N) is 1. The minimum Gasteiger partial charge on any atom is -0.591 e. The molecule has 0 amide bonds. The monoisotopic (exact) mass is 104 g/mol. The molecular weight excluding hydrogens is 100 g/mol. The molecule has 0 fully saturated rings. The maximum atomic E-state index is 9.81. The molecule has 1 N–H and O–H groups in total. The summed E-state index contributed by atoms with van der Waals surface area (Å²) in [5.41, 5.74) is 0. The molecule has 0 heterocycles. The van der Waals surface area contributed by atoms with Gasteiger partial charge >= 0.3 is 0 Å². The predicted molar refractivity (Wildman–Crippen MR) is 24.2 cm³/mol. The first-order chi connectivity index (χ1) is 2.77. The topological polar surface area (TPSA) is 59.3 Å². The van der Waals surface area contributed by atoms with Crippen molar-refractivity contribution in [2.75, 3.05) is 6.26 Å². The first kappa shape index (κ1) is 5.69. The van der Waals surface area contributed by atoms with E-state index in [4.69, 9.17) is 5.41 Å². The van der Waals surface area contributed by atoms with E-state index < -0.39 is 11.4 Å². The lowest BCUT2D eigenvalue weighted by atomic mass is 11.6. The zero-order valence-electron chi connectivity index (χ0n) is 3.26. The molecule has 0 aliphatic rings. The van der Waals surface area contributed by atoms with E-state index in [9.17, 15) is 4.55 Å². The van der Waals surface area contributed by atoms with Crippen molar-refractivity contribution in [3.8, 4) is 0 Å². The largest absolute Gasteiger partial charge is 0.591 e. The Morgan fingerprint density at radius 3 is 2.50 bits per heavy atom. The lowest BCUT2D eigenvalue weighted by Crippen LogP contribution is -1.86. The highest BCUT2D eigenvalue weighted by molar-refractivity contribution is 7.89. The predicted octanol–water partition coefficient (Wildman–Crippen LogP) is 0.0326. The van der Waals surface area contributed by atoms with Crippen LogP contribution in [-0.4, -0.2) is 16.8 Å². The molecule has 1 atom stereocenters. The quantitative estimate of drug-likeness (QED) is 0.370. The van der Waals surface area contributed by atoms with Gasteiger partial charge in [0.15, 0.2) is 0 Å². The zero-order valence-corrected chi connectivity index (χ0v) is 4.08. The summed E-state index contributed by atoms with van der Waals surface area (Å²) in [5.74, 6) is 0. The molecule has 0 aromatic carbocycles. The van der Waals surface area contributed by atoms with Crippen molar-refractivity contribution in [3.63, 3.8) is 0 Å². The Morgan fingerprint density at radius 1 is 2.00 bits per heavy atom. The second kappa shape index (κ2) is 2.90. The number of rotatable bonds is 1. The molecule has 1 unspecified atom stereocenters. The summed E-state index contributed by atoms with van der Waals surface area (Å²) < 4.78 is 12.8. The summed E-state index contributed by atoms with van der Waals surface area (Å²) in [6.07, 6.45) is 1.38. The standard InChI is InChI=1S/C2H4N2OS/c1-6(5)4-2-3/h3H,1H3. The Hall–Kier alpha value is -0.310. The van der Waals surface area contributed by atoms with Gasteiger partial charge in [0.25, 0.3) is 0 Å². The van der Waals surface area contributed by atoms with E-state index in [-0.39, 0.29) is 0 Å². The van der Waals surface area contributed by atoms with Crippen LogP contribution in [0.4, 0.5) is 0 Å². The Kier molecular flexibility index (Phi) is 2.75. The molecule has 0 aliphatic carbocycles. The molecule has 0 radical (unpaired) electrons. The summed E-state index contributed by atoms with van der Waals surface area (Å²) in [6, 6.07) is 1.64. The van der Waals surface area contributed by atoms with E-state index in [1.165, 1.54) is 6.26 Å². The Bertz CT molecular complexity index is 75.6. The van der Waals surface area contributed by atoms with Crippen LogP contribution in [0.15, 0.2) is 4.40 Å². The van der Waals surface area contributed by atoms with Gasteiger partial charge in [0.2, 0.25) is 0 Å². The smallest absolute Gasteiger partial charge is 0.144 e. The fourth-order valence-corrected chi connectivity index (χ4v) is 0.193. The van der Waals surface area contributed by atoms with E-state index in [1.54, 1.807) is 6.01 Å². The maximum Gasteiger partial charge on any atom is 0.144 e. The molecule has 0 bridgehead atoms. The first-order valence-corrected chi connectivity index (χ1v) is 2.75. The second-order valence-electron chi connectivity index (χ2n) is 0.627. The van der Waals surface area contributed by atoms with Gasteiger partial charge in [-0.05, 0) is 0 Å². The van der Waals surface area contributed by atoms with Gasteiger partial charge in [-0.1, -0.05) is 0 Å². The molecule has 0 saturated heterocycles. The van der Waals surface area contributed by atoms with Crippen LogP contribution in [0.3, 0.4) is 0 Å². The zero-order chi connectivity index (χ0) is 4.99. The number of hydrogen-bond donors (Lipinski definition) is 1. The third kappa shape index (κ3) is 3.69. The van der Waals surface area contributed by atoms with Crippen molar-refractivity contribution >= 4 is 17.4 Å². The third-order valence-corrected chi connectivity index (χ3v) is 0.523. The molecule has 0 aliphatic heterocycles. The van der Waals surface area contributed by atoms with Crippen LogP contribution in [0.2, 0.25) is 0 Å². The van der Waals surface area contributed by atoms with Crippen molar-refractivity contribution in [1.29, 1.82) is 5.41 Å². The Labute approximate surface area is 38.9 Å². The van der Waals surface area contributed by atoms with Crippen molar-refractivity contribution in [2.24, 2.45) is 4.40 Å². The third-order valence-electron chi connectivity index (χ3n) is 0.174. The fourth-order valence-electron chi connectivity index (χ4n) is 0.0643. The molecule has 6 heavy (non-hydrogen) atoms. The maximum absolute atomic E-state index is 9.81. The van der Waals surface area contributed by atoms with Gasteiger partial charge in [0, 0.05) is 4.40 Å². The van der Waals surface area contributed by atoms with Crippen LogP contribution in [0.25, 0.3) is 0 Å². The molecule has 0 aromatic rings. The highest BCUT2D eigenvalue weighted by atomic mass is 32.2. The van der Waals surface area contributed by atoms with Crippen LogP contribution < -0.4 is 0 Å². The fraction of sp³-hybridized carbons (Fsp3) is 0.500. The molecule has 3 nitrogen and oxygen atoms in total. The molecular formula is C2H4N2OS. The minimum absolute atomic E-state index is 1.24. The summed E-state index contributed by atoms with van der Waals surface area (Å²) in [7, 11) is 0. The molecule has 0 saturated carbocycles. The van der Waals surface area contributed by atoms with Crippen LogP contribution >= 0.6 is 0 Å². The SMILES string of the molecule is C[S+]([O-])N=C=N. The normalized spacial score (nSPS) is 12.3. The van der Waals surface area contributed by atoms with E-state index >= 15 is 0 Å². The Morgan fingerprint density at radius 2 is 2.50 bits per heavy atom. The Balaban J connectivity index is 3.29. The van der Waals surface area contributed by atoms with Crippen LogP contribution in [0.1, 0.15) is 0 Å². The van der Waals surface area contributed by atoms with Crippen LogP contribution in [0.5, 0.6) is 0 Å². The minimum atomic E-state index is -1.24. The van der Waals surface area contributed by atoms with Gasteiger partial charge in [-0.2, -0.15) is 0 Å². The average Bonchev–Trinajstić information content (AvgIpc) is 1.35. The molecule has 0 spiro atoms. The molecule has 0 rings (SSSR count). The van der Waals surface area contributed by atoms with Gasteiger partial charge < -0.3 is 4.55 Å². The van der Waals surface area contributed by atoms with Gasteiger partial charge in [-0.25, -0.2) is 5.41 Å². The summed E-state index contributed by atoms with van der Waals surface area (Å²) in [5, 5.41) is 6.12. The van der Waals surface area contributed by atoms with Gasteiger partial charge in [0.05, 0.1) is 0 Å². The highest BCUT2D eigenvalue weighted by Crippen LogP contribution is 1.76. The molecule has 0 aromatic heterocycles. The van der Waals surface area contributed by atoms with E-state index in [1.807, 2.05) is 0 Å². The molecule has 4 heteroatoms. The highest BCUT2D eigenvalue weighted by Gasteiger charge is 1.81. The van der Waals surface area contributed by atoms with E-state index in [0.29, 0.717) is 0 Å². The van der Waals surface area contributed by atoms with Gasteiger partial charge in [0.1, 0.15) is 23.6 Å². The summed E-state index contributed by atoms with van der Waals surface area (Å²) in [4.78, 5) is 0. The lowest BCUT2D eigenvalue weighted by molar-refractivity contribution is 0.603. The summed E-state index contributed by atoms with van der Waals surface area (Å²) in [6.45, 7) is 0. The van der Waals surface area contributed by atoms with Crippen molar-refractivity contribution in [3.05, 3.63) is 0 Å². The van der Waals surface area contributed by atoms with Gasteiger partial charge in [-0.15, -0.1) is 0 Å². The van der Waals surface area contributed by atoms with E-state index in [2.05, 4.69) is 4.40 Å². The lowest BCUT2D eigenvalue weighted by Gasteiger charge is -1.84. The number of nitrogens with zero attached hydrogens (tertiary/aromatic N) is 1. The van der Waals surface area contributed by atoms with Crippen LogP contribution in [0, 0.1) is 5.41 Å². The summed E-state index contributed by atoms with van der Waals surface area (Å²) >= 11 is -1.24. The number of hydrogen-bond acceptors (Lipinski definition) is 3. The first-order valence-electron chi connectivity index (χ1n) is 1.23. The van der Waals surface area contributed by atoms with Crippen molar-refractivity contribution < 1.29 is 4.55 Å². The molecule has 34 valence electrons. The van der Waals surface area contributed by atoms with Crippen molar-refractivity contribution in [1.82, 2.24) is 0 Å². The second-order valence-corrected chi connectivity index (χ2v) is 1.66. The van der Waals surface area contributed by atoms with Gasteiger partial charge in [-0.3, -0.25) is 0 Å². The van der Waals surface area contributed by atoms with Crippen molar-refractivity contribution in [2.45, 2.75) is 0 Å². The van der Waals surface area contributed by atoms with E-state index in [0.717, 1.165) is 0 Å².